The number of nitrogens with one attached hydrogen (secondary N) is 3. The van der Waals surface area contributed by atoms with E-state index in [2.05, 4.69) is 20.9 Å². The molecule has 0 radical (unpaired) electrons. The van der Waals surface area contributed by atoms with Crippen LogP contribution in [0, 0.1) is 5.92 Å². The van der Waals surface area contributed by atoms with Crippen molar-refractivity contribution < 1.29 is 42.9 Å². The number of hydrogen-bond acceptors (Lipinski definition) is 10. The van der Waals surface area contributed by atoms with Gasteiger partial charge in [-0.3, -0.25) is 24.2 Å². The Morgan fingerprint density at radius 3 is 2.29 bits per heavy atom. The molecule has 3 N–H and O–H groups in total. The van der Waals surface area contributed by atoms with Crippen molar-refractivity contribution in [2.75, 3.05) is 66.3 Å². The summed E-state index contributed by atoms with van der Waals surface area (Å²) in [6.07, 6.45) is 3.47. The third-order valence-corrected chi connectivity index (χ3v) is 5.98. The minimum atomic E-state index is -0.575. The van der Waals surface area contributed by atoms with Crippen LogP contribution in [0.4, 0.5) is 0 Å². The Morgan fingerprint density at radius 2 is 1.60 bits per heavy atom. The molecule has 1 saturated heterocycles. The highest BCUT2D eigenvalue weighted by Gasteiger charge is 2.42. The van der Waals surface area contributed by atoms with E-state index in [1.54, 1.807) is 51.2 Å². The van der Waals surface area contributed by atoms with Crippen LogP contribution in [0.1, 0.15) is 45.2 Å². The van der Waals surface area contributed by atoms with Crippen LogP contribution >= 0.6 is 0 Å². The highest BCUT2D eigenvalue weighted by molar-refractivity contribution is 5.90. The summed E-state index contributed by atoms with van der Waals surface area (Å²) in [6.45, 7) is 6.48. The van der Waals surface area contributed by atoms with Gasteiger partial charge in [-0.1, -0.05) is 6.07 Å². The SMILES string of the molecule is CN1C(=O)C[C@H](C(=O)NCCC(=O)NCCOCCOCC(=O)NCCOCC(=O)OC(C)(C)C)[C@H]1c1cccnc1. The maximum Gasteiger partial charge on any atom is 0.332 e. The van der Waals surface area contributed by atoms with Gasteiger partial charge in [-0.2, -0.15) is 0 Å². The van der Waals surface area contributed by atoms with Gasteiger partial charge in [0.2, 0.25) is 23.6 Å². The molecule has 2 rings (SSSR count). The molecule has 2 atom stereocenters. The van der Waals surface area contributed by atoms with Crippen LogP contribution in [0.25, 0.3) is 0 Å². The maximum atomic E-state index is 12.7. The van der Waals surface area contributed by atoms with Crippen molar-refractivity contribution in [2.24, 2.45) is 5.92 Å². The first-order chi connectivity index (χ1) is 20.0. The number of ether oxygens (including phenoxy) is 4. The fourth-order valence-corrected chi connectivity index (χ4v) is 4.12. The number of rotatable bonds is 18. The fraction of sp³-hybridized carbons (Fsp3) is 0.643. The van der Waals surface area contributed by atoms with Crippen LogP contribution < -0.4 is 16.0 Å². The first-order valence-electron chi connectivity index (χ1n) is 13.9. The molecule has 1 aromatic rings. The number of hydrogen-bond donors (Lipinski definition) is 3. The number of esters is 1. The van der Waals surface area contributed by atoms with Crippen LogP contribution in [-0.4, -0.2) is 111 Å². The van der Waals surface area contributed by atoms with Crippen LogP contribution in [0.2, 0.25) is 0 Å². The molecule has 4 amide bonds. The van der Waals surface area contributed by atoms with Crippen LogP contribution in [0.3, 0.4) is 0 Å². The minimum Gasteiger partial charge on any atom is -0.458 e. The van der Waals surface area contributed by atoms with Gasteiger partial charge >= 0.3 is 5.97 Å². The number of likely N-dealkylation sites (tertiary alicyclic amines) is 1. The first-order valence-corrected chi connectivity index (χ1v) is 13.9. The standard InChI is InChI=1S/C28H43N5O9/c1-28(2,3)42-25(37)19-40-13-11-31-23(35)18-41-15-14-39-12-10-30-22(34)7-9-32-27(38)21-16-24(36)33(4)26(21)20-6-5-8-29-17-20/h5-6,8,17,21,26H,7,9-16,18-19H2,1-4H3,(H,30,34)(H,31,35)(H,32,38)/t21-,26+/m0/s1. The summed E-state index contributed by atoms with van der Waals surface area (Å²) < 4.78 is 20.9. The monoisotopic (exact) mass is 593 g/mol. The topological polar surface area (TPSA) is 174 Å². The predicted octanol–water partition coefficient (Wildman–Crippen LogP) is -0.269. The molecule has 0 unspecified atom stereocenters. The first kappa shape index (κ1) is 34.6. The van der Waals surface area contributed by atoms with E-state index >= 15 is 0 Å². The zero-order chi connectivity index (χ0) is 31.0. The molecule has 1 fully saturated rings. The molecule has 0 aliphatic carbocycles. The number of pyridine rings is 1. The van der Waals surface area contributed by atoms with Gasteiger partial charge in [0.1, 0.15) is 18.8 Å². The number of nitrogens with zero attached hydrogens (tertiary/aromatic N) is 2. The lowest BCUT2D eigenvalue weighted by Crippen LogP contribution is -2.37. The molecule has 0 aromatic carbocycles. The van der Waals surface area contributed by atoms with Gasteiger partial charge in [0.25, 0.3) is 0 Å². The Labute approximate surface area is 246 Å². The summed E-state index contributed by atoms with van der Waals surface area (Å²) >= 11 is 0. The molecular formula is C28H43N5O9. The van der Waals surface area contributed by atoms with Crippen LogP contribution in [0.5, 0.6) is 0 Å². The summed E-state index contributed by atoms with van der Waals surface area (Å²) in [5.41, 5.74) is 0.213. The van der Waals surface area contributed by atoms with Crippen LogP contribution in [0.15, 0.2) is 24.5 Å². The second-order valence-corrected chi connectivity index (χ2v) is 10.6. The summed E-state index contributed by atoms with van der Waals surface area (Å²) in [7, 11) is 1.67. The second-order valence-electron chi connectivity index (χ2n) is 10.6. The Bertz CT molecular complexity index is 1030. The summed E-state index contributed by atoms with van der Waals surface area (Å²) in [5.74, 6) is -1.99. The molecule has 0 bridgehead atoms. The van der Waals surface area contributed by atoms with E-state index in [-0.39, 0.29) is 95.7 Å². The highest BCUT2D eigenvalue weighted by Crippen LogP contribution is 2.36. The molecule has 0 saturated carbocycles. The molecule has 1 aromatic heterocycles. The molecule has 1 aliphatic heterocycles. The van der Waals surface area contributed by atoms with Gasteiger partial charge in [0.15, 0.2) is 0 Å². The zero-order valence-electron chi connectivity index (χ0n) is 24.8. The van der Waals surface area contributed by atoms with E-state index in [0.29, 0.717) is 0 Å². The largest absolute Gasteiger partial charge is 0.458 e. The van der Waals surface area contributed by atoms with E-state index in [4.69, 9.17) is 18.9 Å². The van der Waals surface area contributed by atoms with Gasteiger partial charge in [-0.15, -0.1) is 0 Å². The van der Waals surface area contributed by atoms with Gasteiger partial charge < -0.3 is 39.8 Å². The molecule has 234 valence electrons. The van der Waals surface area contributed by atoms with Crippen molar-refractivity contribution in [3.05, 3.63) is 30.1 Å². The van der Waals surface area contributed by atoms with Crippen molar-refractivity contribution in [1.82, 2.24) is 25.8 Å². The number of carbonyl (C=O) groups excluding carboxylic acids is 5. The van der Waals surface area contributed by atoms with E-state index in [1.165, 1.54) is 0 Å². The average molecular weight is 594 g/mol. The number of carbonyl (C=O) groups is 5. The molecular weight excluding hydrogens is 550 g/mol. The molecule has 42 heavy (non-hydrogen) atoms. The highest BCUT2D eigenvalue weighted by atomic mass is 16.6. The predicted molar refractivity (Wildman–Crippen MR) is 150 cm³/mol. The van der Waals surface area contributed by atoms with Gasteiger partial charge in [-0.25, -0.2) is 4.79 Å². The van der Waals surface area contributed by atoms with Crippen molar-refractivity contribution in [3.63, 3.8) is 0 Å². The van der Waals surface area contributed by atoms with Crippen molar-refractivity contribution in [3.8, 4) is 0 Å². The quantitative estimate of drug-likeness (QED) is 0.152. The zero-order valence-corrected chi connectivity index (χ0v) is 24.8. The third-order valence-electron chi connectivity index (χ3n) is 5.98. The summed E-state index contributed by atoms with van der Waals surface area (Å²) in [4.78, 5) is 65.9. The Morgan fingerprint density at radius 1 is 0.929 bits per heavy atom. The van der Waals surface area contributed by atoms with Crippen molar-refractivity contribution in [1.29, 1.82) is 0 Å². The normalized spacial score (nSPS) is 16.7. The smallest absolute Gasteiger partial charge is 0.332 e. The van der Waals surface area contributed by atoms with E-state index in [9.17, 15) is 24.0 Å². The summed E-state index contributed by atoms with van der Waals surface area (Å²) in [5, 5.41) is 8.07. The molecule has 2 heterocycles. The fourth-order valence-electron chi connectivity index (χ4n) is 4.12. The summed E-state index contributed by atoms with van der Waals surface area (Å²) in [6, 6.07) is 3.20. The molecule has 0 spiro atoms. The van der Waals surface area contributed by atoms with Gasteiger partial charge in [-0.05, 0) is 32.4 Å². The van der Waals surface area contributed by atoms with E-state index in [0.717, 1.165) is 5.56 Å². The van der Waals surface area contributed by atoms with E-state index in [1.807, 2.05) is 6.07 Å². The van der Waals surface area contributed by atoms with Crippen molar-refractivity contribution in [2.45, 2.75) is 45.3 Å². The Hall–Kier alpha value is -3.62. The lowest BCUT2D eigenvalue weighted by molar-refractivity contribution is -0.160. The Balaban J connectivity index is 1.45. The number of amides is 4. The lowest BCUT2D eigenvalue weighted by Gasteiger charge is -2.24. The van der Waals surface area contributed by atoms with Gasteiger partial charge in [0, 0.05) is 51.9 Å². The maximum absolute atomic E-state index is 12.7. The van der Waals surface area contributed by atoms with E-state index < -0.39 is 23.5 Å². The third kappa shape index (κ3) is 13.4. The average Bonchev–Trinajstić information content (AvgIpc) is 3.23. The number of aromatic nitrogens is 1. The second kappa shape index (κ2) is 18.0. The minimum absolute atomic E-state index is 0.0874. The van der Waals surface area contributed by atoms with Gasteiger partial charge in [0.05, 0.1) is 38.4 Å². The lowest BCUT2D eigenvalue weighted by atomic mass is 9.94. The molecule has 14 nitrogen and oxygen atoms in total. The Kier molecular flexibility index (Phi) is 14.8. The molecule has 1 aliphatic rings. The van der Waals surface area contributed by atoms with Crippen LogP contribution in [-0.2, 0) is 42.9 Å². The van der Waals surface area contributed by atoms with Crippen molar-refractivity contribution >= 4 is 29.6 Å². The molecule has 14 heteroatoms.